The summed E-state index contributed by atoms with van der Waals surface area (Å²) in [5, 5.41) is 0. The zero-order chi connectivity index (χ0) is 35.6. The predicted molar refractivity (Wildman–Crippen MR) is 195 cm³/mol. The van der Waals surface area contributed by atoms with Crippen molar-refractivity contribution in [2.24, 2.45) is 11.8 Å². The van der Waals surface area contributed by atoms with Crippen LogP contribution in [-0.4, -0.2) is 64.4 Å². The Hall–Kier alpha value is -4.58. The molecule has 1 fully saturated rings. The van der Waals surface area contributed by atoms with E-state index in [0.29, 0.717) is 35.8 Å². The number of hydrogen-bond donors (Lipinski definition) is 1. The summed E-state index contributed by atoms with van der Waals surface area (Å²) < 4.78 is 36.4. The Morgan fingerprint density at radius 3 is 2.48 bits per heavy atom. The highest BCUT2D eigenvalue weighted by Crippen LogP contribution is 2.31. The Bertz CT molecular complexity index is 1950. The molecule has 4 bridgehead atoms. The molecule has 4 aromatic rings. The molecular formula is C38H47N7O4S. The van der Waals surface area contributed by atoms with E-state index in [1.807, 2.05) is 38.1 Å². The lowest BCUT2D eigenvalue weighted by Crippen LogP contribution is -2.44. The Morgan fingerprint density at radius 2 is 1.74 bits per heavy atom. The first kappa shape index (κ1) is 35.3. The second-order valence-corrected chi connectivity index (χ2v) is 15.8. The van der Waals surface area contributed by atoms with Gasteiger partial charge < -0.3 is 14.5 Å². The van der Waals surface area contributed by atoms with E-state index < -0.39 is 16.1 Å². The number of amides is 1. The van der Waals surface area contributed by atoms with Gasteiger partial charge >= 0.3 is 0 Å². The number of nitrogens with zero attached hydrogens (tertiary/aromatic N) is 6. The van der Waals surface area contributed by atoms with E-state index in [-0.39, 0.29) is 41.3 Å². The molecule has 2 aromatic carbocycles. The van der Waals surface area contributed by atoms with Crippen molar-refractivity contribution >= 4 is 27.7 Å². The summed E-state index contributed by atoms with van der Waals surface area (Å²) >= 11 is 0. The zero-order valence-electron chi connectivity index (χ0n) is 29.8. The molecule has 12 heteroatoms. The van der Waals surface area contributed by atoms with E-state index in [1.54, 1.807) is 29.3 Å². The molecule has 0 aliphatic carbocycles. The van der Waals surface area contributed by atoms with Crippen LogP contribution >= 0.6 is 0 Å². The van der Waals surface area contributed by atoms with E-state index in [4.69, 9.17) is 9.72 Å². The standard InChI is InChI=1S/C38H47N7O4S/c1-24(2)15-16-29-23-49-35-21-31(36-26(5)10-7-11-27(36)6)40-38(42-35)43-50(47,48)30-13-8-12-28(20-30)37(46)45(29)22-33-39-18-17-34(41-33)44-19-9-14-32(44)25(3)4/h7-8,10-13,17-18,20-21,24-25,29,32H,9,14-16,19,22-23H2,1-6H3,(H,40,42,43)/t29-,32+/m1/s1. The minimum Gasteiger partial charge on any atom is -0.475 e. The summed E-state index contributed by atoms with van der Waals surface area (Å²) in [7, 11) is -4.17. The van der Waals surface area contributed by atoms with Crippen LogP contribution in [0.4, 0.5) is 11.8 Å². The van der Waals surface area contributed by atoms with Gasteiger partial charge in [-0.1, -0.05) is 52.0 Å². The Balaban J connectivity index is 1.44. The van der Waals surface area contributed by atoms with Gasteiger partial charge in [-0.3, -0.25) is 4.79 Å². The third-order valence-corrected chi connectivity index (χ3v) is 11.0. The van der Waals surface area contributed by atoms with Crippen LogP contribution < -0.4 is 14.4 Å². The first-order valence-electron chi connectivity index (χ1n) is 17.5. The van der Waals surface area contributed by atoms with E-state index in [1.165, 1.54) is 12.1 Å². The summed E-state index contributed by atoms with van der Waals surface area (Å²) in [5.41, 5.74) is 3.61. The molecule has 0 spiro atoms. The van der Waals surface area contributed by atoms with Crippen molar-refractivity contribution < 1.29 is 17.9 Å². The van der Waals surface area contributed by atoms with Crippen LogP contribution in [0.2, 0.25) is 0 Å². The highest BCUT2D eigenvalue weighted by molar-refractivity contribution is 7.92. The van der Waals surface area contributed by atoms with E-state index in [0.717, 1.165) is 48.3 Å². The summed E-state index contributed by atoms with van der Waals surface area (Å²) in [5.74, 6) is 1.97. The van der Waals surface area contributed by atoms with Crippen LogP contribution in [0, 0.1) is 25.7 Å². The lowest BCUT2D eigenvalue weighted by molar-refractivity contribution is 0.0557. The minimum atomic E-state index is -4.17. The Labute approximate surface area is 295 Å². The van der Waals surface area contributed by atoms with E-state index in [2.05, 4.69) is 52.3 Å². The molecule has 50 heavy (non-hydrogen) atoms. The van der Waals surface area contributed by atoms with Crippen LogP contribution in [0.1, 0.15) is 80.7 Å². The van der Waals surface area contributed by atoms with Gasteiger partial charge in [0.2, 0.25) is 11.8 Å². The molecule has 4 heterocycles. The largest absolute Gasteiger partial charge is 0.475 e. The van der Waals surface area contributed by atoms with Gasteiger partial charge in [0.05, 0.1) is 23.2 Å². The minimum absolute atomic E-state index is 0.0724. The topological polar surface area (TPSA) is 131 Å². The quantitative estimate of drug-likeness (QED) is 0.211. The normalized spacial score (nSPS) is 19.1. The molecule has 0 unspecified atom stereocenters. The van der Waals surface area contributed by atoms with Crippen molar-refractivity contribution in [3.63, 3.8) is 0 Å². The number of aryl methyl sites for hydroxylation is 2. The molecule has 11 nitrogen and oxygen atoms in total. The third kappa shape index (κ3) is 7.75. The fraction of sp³-hybridized carbons (Fsp3) is 0.447. The van der Waals surface area contributed by atoms with Gasteiger partial charge in [-0.15, -0.1) is 0 Å². The van der Waals surface area contributed by atoms with Crippen LogP contribution in [-0.2, 0) is 16.6 Å². The highest BCUT2D eigenvalue weighted by atomic mass is 32.2. The molecule has 1 saturated heterocycles. The van der Waals surface area contributed by atoms with Gasteiger partial charge in [0.1, 0.15) is 18.2 Å². The molecule has 6 rings (SSSR count). The average molecular weight is 698 g/mol. The number of carbonyl (C=O) groups is 1. The monoisotopic (exact) mass is 697 g/mol. The fourth-order valence-electron chi connectivity index (χ4n) is 6.98. The van der Waals surface area contributed by atoms with Gasteiger partial charge in [-0.2, -0.15) is 4.98 Å². The molecule has 2 aromatic heterocycles. The molecule has 2 atom stereocenters. The summed E-state index contributed by atoms with van der Waals surface area (Å²) in [4.78, 5) is 37.3. The first-order chi connectivity index (χ1) is 23.9. The van der Waals surface area contributed by atoms with Crippen molar-refractivity contribution in [3.05, 3.63) is 83.3 Å². The molecule has 264 valence electrons. The van der Waals surface area contributed by atoms with Crippen molar-refractivity contribution in [1.82, 2.24) is 24.8 Å². The van der Waals surface area contributed by atoms with Crippen molar-refractivity contribution in [1.29, 1.82) is 0 Å². The van der Waals surface area contributed by atoms with Crippen LogP contribution in [0.5, 0.6) is 5.88 Å². The average Bonchev–Trinajstić information content (AvgIpc) is 3.58. The van der Waals surface area contributed by atoms with Crippen molar-refractivity contribution in [2.45, 2.75) is 90.7 Å². The van der Waals surface area contributed by atoms with Gasteiger partial charge in [-0.25, -0.2) is 28.1 Å². The zero-order valence-corrected chi connectivity index (χ0v) is 30.6. The molecule has 0 radical (unpaired) electrons. The van der Waals surface area contributed by atoms with Crippen molar-refractivity contribution in [3.8, 4) is 17.1 Å². The van der Waals surface area contributed by atoms with Crippen LogP contribution in [0.3, 0.4) is 0 Å². The van der Waals surface area contributed by atoms with Crippen molar-refractivity contribution in [2.75, 3.05) is 22.8 Å². The van der Waals surface area contributed by atoms with Gasteiger partial charge in [0.25, 0.3) is 15.9 Å². The maximum Gasteiger partial charge on any atom is 0.264 e. The van der Waals surface area contributed by atoms with Crippen LogP contribution in [0.25, 0.3) is 11.3 Å². The lowest BCUT2D eigenvalue weighted by Gasteiger charge is -2.32. The second-order valence-electron chi connectivity index (χ2n) is 14.2. The number of anilines is 2. The number of hydrogen-bond acceptors (Lipinski definition) is 9. The Kier molecular flexibility index (Phi) is 10.4. The number of aromatic nitrogens is 4. The van der Waals surface area contributed by atoms with Gasteiger partial charge in [0.15, 0.2) is 0 Å². The smallest absolute Gasteiger partial charge is 0.264 e. The molecule has 1 amide bonds. The predicted octanol–water partition coefficient (Wildman–Crippen LogP) is 6.82. The number of ether oxygens (including phenoxy) is 1. The molecule has 2 aliphatic heterocycles. The number of rotatable bonds is 8. The SMILES string of the molecule is Cc1cccc(C)c1-c1cc2nc(n1)NS(=O)(=O)c1cccc(c1)C(=O)N(Cc1nccc(N3CCC[C@H]3C(C)C)n1)[C@H](CCC(C)C)CO2. The van der Waals surface area contributed by atoms with E-state index in [9.17, 15) is 13.2 Å². The number of benzene rings is 2. The highest BCUT2D eigenvalue weighted by Gasteiger charge is 2.31. The second kappa shape index (κ2) is 14.7. The number of fused-ring (bicyclic) bond motifs is 4. The number of nitrogens with one attached hydrogen (secondary N) is 1. The van der Waals surface area contributed by atoms with Crippen LogP contribution in [0.15, 0.2) is 65.7 Å². The van der Waals surface area contributed by atoms with E-state index >= 15 is 0 Å². The molecular weight excluding hydrogens is 651 g/mol. The van der Waals surface area contributed by atoms with Gasteiger partial charge in [-0.05, 0) is 86.8 Å². The summed E-state index contributed by atoms with van der Waals surface area (Å²) in [6.45, 7) is 13.9. The lowest BCUT2D eigenvalue weighted by atomic mass is 10.00. The third-order valence-electron chi connectivity index (χ3n) is 9.62. The fourth-order valence-corrected chi connectivity index (χ4v) is 7.97. The maximum absolute atomic E-state index is 14.5. The molecule has 1 N–H and O–H groups in total. The number of carbonyl (C=O) groups excluding carboxylic acids is 1. The Morgan fingerprint density at radius 1 is 0.980 bits per heavy atom. The summed E-state index contributed by atoms with van der Waals surface area (Å²) in [6, 6.07) is 15.7. The summed E-state index contributed by atoms with van der Waals surface area (Å²) in [6.07, 6.45) is 5.45. The molecule has 2 aliphatic rings. The maximum atomic E-state index is 14.5. The first-order valence-corrected chi connectivity index (χ1v) is 19.0. The molecule has 0 saturated carbocycles. The van der Waals surface area contributed by atoms with Gasteiger partial charge in [0, 0.05) is 36.0 Å². The number of sulfonamides is 1.